The Morgan fingerprint density at radius 3 is 1.81 bits per heavy atom. The standard InChI is InChI=1S/C29H48N6O7/c1-4-5-8-21(32-25(37)17-31)26(38)33-22(9-6-7-14-30)27(39)34-23(15-18(2)3)28(40)35-24(29(41)42)16-19-10-12-20(36)13-11-19/h10-13,18,21-24,36H,4-9,14-17,30-31H2,1-3H3,(H,32,37)(H,33,38)(H,34,39)(H,35,40)(H,41,42)/t21-,22-,23-,24-/m0/s1. The van der Waals surface area contributed by atoms with Crippen LogP contribution in [0.2, 0.25) is 0 Å². The van der Waals surface area contributed by atoms with Gasteiger partial charge in [0, 0.05) is 6.42 Å². The molecular weight excluding hydrogens is 544 g/mol. The van der Waals surface area contributed by atoms with Gasteiger partial charge in [-0.1, -0.05) is 45.7 Å². The number of carbonyl (C=O) groups excluding carboxylic acids is 4. The highest BCUT2D eigenvalue weighted by Gasteiger charge is 2.31. The van der Waals surface area contributed by atoms with Crippen molar-refractivity contribution in [3.63, 3.8) is 0 Å². The van der Waals surface area contributed by atoms with Crippen LogP contribution in [0.3, 0.4) is 0 Å². The topological polar surface area (TPSA) is 226 Å². The van der Waals surface area contributed by atoms with Gasteiger partial charge in [0.15, 0.2) is 0 Å². The summed E-state index contributed by atoms with van der Waals surface area (Å²) < 4.78 is 0. The highest BCUT2D eigenvalue weighted by atomic mass is 16.4. The summed E-state index contributed by atoms with van der Waals surface area (Å²) in [6.07, 6.45) is 3.38. The SMILES string of the molecule is CCCC[C@H](NC(=O)CN)C(=O)N[C@@H](CCCCN)C(=O)N[C@@H](CC(C)C)C(=O)N[C@@H](Cc1ccc(O)cc1)C(=O)O. The zero-order valence-corrected chi connectivity index (χ0v) is 24.9. The Balaban J connectivity index is 3.10. The molecule has 0 radical (unpaired) electrons. The summed E-state index contributed by atoms with van der Waals surface area (Å²) in [6.45, 7) is 5.77. The number of aromatic hydroxyl groups is 1. The van der Waals surface area contributed by atoms with E-state index < -0.39 is 53.8 Å². The minimum absolute atomic E-state index is 0.0286. The minimum atomic E-state index is -1.28. The molecule has 0 spiro atoms. The average Bonchev–Trinajstić information content (AvgIpc) is 2.94. The highest BCUT2D eigenvalue weighted by Crippen LogP contribution is 2.13. The number of nitrogens with one attached hydrogen (secondary N) is 4. The van der Waals surface area contributed by atoms with Crippen LogP contribution in [0.1, 0.15) is 71.3 Å². The molecular formula is C29H48N6O7. The molecule has 236 valence electrons. The van der Waals surface area contributed by atoms with E-state index in [1.165, 1.54) is 12.1 Å². The van der Waals surface area contributed by atoms with Crippen LogP contribution >= 0.6 is 0 Å². The summed E-state index contributed by atoms with van der Waals surface area (Å²) in [5.41, 5.74) is 11.6. The molecule has 4 amide bonds. The van der Waals surface area contributed by atoms with Gasteiger partial charge in [-0.05, 0) is 62.3 Å². The van der Waals surface area contributed by atoms with E-state index in [2.05, 4.69) is 21.3 Å². The maximum absolute atomic E-state index is 13.4. The first-order valence-electron chi connectivity index (χ1n) is 14.5. The molecule has 0 aliphatic rings. The lowest BCUT2D eigenvalue weighted by Gasteiger charge is -2.27. The molecule has 0 heterocycles. The monoisotopic (exact) mass is 592 g/mol. The lowest BCUT2D eigenvalue weighted by Crippen LogP contribution is -2.58. The van der Waals surface area contributed by atoms with Crippen molar-refractivity contribution in [1.29, 1.82) is 0 Å². The number of carbonyl (C=O) groups is 5. The van der Waals surface area contributed by atoms with Gasteiger partial charge >= 0.3 is 5.97 Å². The van der Waals surface area contributed by atoms with Gasteiger partial charge in [0.2, 0.25) is 23.6 Å². The summed E-state index contributed by atoms with van der Waals surface area (Å²) in [5.74, 6) is -3.57. The quantitative estimate of drug-likeness (QED) is 0.0972. The second-order valence-electron chi connectivity index (χ2n) is 10.8. The molecule has 1 aromatic rings. The number of carboxylic acids is 1. The summed E-state index contributed by atoms with van der Waals surface area (Å²) in [7, 11) is 0. The normalized spacial score (nSPS) is 13.9. The number of phenols is 1. The Hall–Kier alpha value is -3.71. The molecule has 0 aromatic heterocycles. The summed E-state index contributed by atoms with van der Waals surface area (Å²) >= 11 is 0. The van der Waals surface area contributed by atoms with Crippen molar-refractivity contribution in [1.82, 2.24) is 21.3 Å². The van der Waals surface area contributed by atoms with E-state index >= 15 is 0 Å². The number of amides is 4. The van der Waals surface area contributed by atoms with Crippen LogP contribution in [-0.4, -0.2) is 77.1 Å². The van der Waals surface area contributed by atoms with E-state index in [9.17, 15) is 34.2 Å². The van der Waals surface area contributed by atoms with Crippen LogP contribution in [0, 0.1) is 5.92 Å². The molecule has 0 fully saturated rings. The maximum atomic E-state index is 13.4. The van der Waals surface area contributed by atoms with E-state index in [1.54, 1.807) is 12.1 Å². The van der Waals surface area contributed by atoms with Crippen LogP contribution < -0.4 is 32.7 Å². The Kier molecular flexibility index (Phi) is 16.8. The van der Waals surface area contributed by atoms with E-state index in [4.69, 9.17) is 11.5 Å². The molecule has 10 N–H and O–H groups in total. The first-order valence-corrected chi connectivity index (χ1v) is 14.5. The fourth-order valence-electron chi connectivity index (χ4n) is 4.28. The number of unbranched alkanes of at least 4 members (excludes halogenated alkanes) is 2. The van der Waals surface area contributed by atoms with Crippen molar-refractivity contribution in [2.75, 3.05) is 13.1 Å². The molecule has 0 unspecified atom stereocenters. The number of carboxylic acid groups (broad SMARTS) is 1. The first kappa shape index (κ1) is 36.3. The zero-order chi connectivity index (χ0) is 31.7. The van der Waals surface area contributed by atoms with Crippen molar-refractivity contribution in [2.24, 2.45) is 17.4 Å². The van der Waals surface area contributed by atoms with Gasteiger partial charge in [0.05, 0.1) is 6.54 Å². The average molecular weight is 593 g/mol. The van der Waals surface area contributed by atoms with Crippen molar-refractivity contribution in [3.8, 4) is 5.75 Å². The molecule has 0 bridgehead atoms. The second-order valence-corrected chi connectivity index (χ2v) is 10.8. The molecule has 0 aliphatic carbocycles. The summed E-state index contributed by atoms with van der Waals surface area (Å²) in [5, 5.41) is 29.7. The third kappa shape index (κ3) is 13.8. The number of hydrogen-bond acceptors (Lipinski definition) is 8. The third-order valence-corrected chi connectivity index (χ3v) is 6.59. The first-order chi connectivity index (χ1) is 19.9. The molecule has 13 nitrogen and oxygen atoms in total. The molecule has 1 rings (SSSR count). The predicted octanol–water partition coefficient (Wildman–Crippen LogP) is 0.283. The number of benzene rings is 1. The van der Waals surface area contributed by atoms with E-state index in [0.717, 1.165) is 6.42 Å². The maximum Gasteiger partial charge on any atom is 0.326 e. The van der Waals surface area contributed by atoms with Gasteiger partial charge in [0.25, 0.3) is 0 Å². The third-order valence-electron chi connectivity index (χ3n) is 6.59. The van der Waals surface area contributed by atoms with E-state index in [-0.39, 0.29) is 37.5 Å². The lowest BCUT2D eigenvalue weighted by atomic mass is 10.00. The van der Waals surface area contributed by atoms with Crippen molar-refractivity contribution in [2.45, 2.75) is 96.3 Å². The molecule has 42 heavy (non-hydrogen) atoms. The van der Waals surface area contributed by atoms with Gasteiger partial charge in [-0.2, -0.15) is 0 Å². The van der Waals surface area contributed by atoms with E-state index in [1.807, 2.05) is 20.8 Å². The number of rotatable bonds is 20. The lowest BCUT2D eigenvalue weighted by molar-refractivity contribution is -0.142. The highest BCUT2D eigenvalue weighted by molar-refractivity contribution is 5.95. The zero-order valence-electron chi connectivity index (χ0n) is 24.9. The van der Waals surface area contributed by atoms with Crippen LogP contribution in [0.15, 0.2) is 24.3 Å². The number of aliphatic carboxylic acids is 1. The van der Waals surface area contributed by atoms with Crippen LogP contribution in [-0.2, 0) is 30.4 Å². The smallest absolute Gasteiger partial charge is 0.326 e. The van der Waals surface area contributed by atoms with Gasteiger partial charge < -0.3 is 42.9 Å². The van der Waals surface area contributed by atoms with Gasteiger partial charge in [0.1, 0.15) is 29.9 Å². The van der Waals surface area contributed by atoms with Crippen molar-refractivity contribution >= 4 is 29.6 Å². The summed E-state index contributed by atoms with van der Waals surface area (Å²) in [4.78, 5) is 63.7. The number of hydrogen-bond donors (Lipinski definition) is 8. The molecule has 1 aromatic carbocycles. The predicted molar refractivity (Wildman–Crippen MR) is 158 cm³/mol. The number of phenolic OH excluding ortho intramolecular Hbond substituents is 1. The fourth-order valence-corrected chi connectivity index (χ4v) is 4.28. The van der Waals surface area contributed by atoms with Gasteiger partial charge in [-0.3, -0.25) is 19.2 Å². The molecule has 0 saturated carbocycles. The molecule has 0 saturated heterocycles. The Labute approximate surface area is 247 Å². The van der Waals surface area contributed by atoms with Crippen LogP contribution in [0.4, 0.5) is 0 Å². The van der Waals surface area contributed by atoms with Gasteiger partial charge in [-0.15, -0.1) is 0 Å². The minimum Gasteiger partial charge on any atom is -0.508 e. The molecule has 0 aliphatic heterocycles. The Morgan fingerprint density at radius 1 is 0.762 bits per heavy atom. The largest absolute Gasteiger partial charge is 0.508 e. The second kappa shape index (κ2) is 19.4. The van der Waals surface area contributed by atoms with Crippen molar-refractivity contribution < 1.29 is 34.2 Å². The van der Waals surface area contributed by atoms with Gasteiger partial charge in [-0.25, -0.2) is 4.79 Å². The molecule has 4 atom stereocenters. The summed E-state index contributed by atoms with van der Waals surface area (Å²) in [6, 6.07) is 1.72. The Morgan fingerprint density at radius 2 is 1.29 bits per heavy atom. The fraction of sp³-hybridized carbons (Fsp3) is 0.621. The van der Waals surface area contributed by atoms with Crippen LogP contribution in [0.25, 0.3) is 0 Å². The Bertz CT molecular complexity index is 1020. The van der Waals surface area contributed by atoms with Crippen LogP contribution in [0.5, 0.6) is 5.75 Å². The van der Waals surface area contributed by atoms with Crippen molar-refractivity contribution in [3.05, 3.63) is 29.8 Å². The van der Waals surface area contributed by atoms with E-state index in [0.29, 0.717) is 37.8 Å². The number of nitrogens with two attached hydrogens (primary N) is 2. The molecule has 13 heteroatoms.